The Bertz CT molecular complexity index is 1230. The third kappa shape index (κ3) is 5.23. The minimum Gasteiger partial charge on any atom is -0.495 e. The average Bonchev–Trinajstić information content (AvgIpc) is 3.51. The maximum absolute atomic E-state index is 13.7. The van der Waals surface area contributed by atoms with Gasteiger partial charge in [0, 0.05) is 31.6 Å². The Morgan fingerprint density at radius 1 is 1.11 bits per heavy atom. The maximum Gasteiger partial charge on any atom is 0.295 e. The lowest BCUT2D eigenvalue weighted by molar-refractivity contribution is 0.0376. The lowest BCUT2D eigenvalue weighted by atomic mass is 10.2. The number of carbonyl (C=O) groups excluding carboxylic acids is 1. The van der Waals surface area contributed by atoms with Crippen molar-refractivity contribution in [3.8, 4) is 11.5 Å². The molecule has 0 spiro atoms. The van der Waals surface area contributed by atoms with Crippen LogP contribution in [0, 0.1) is 0 Å². The number of carbonyl (C=O) groups is 1. The first-order valence-corrected chi connectivity index (χ1v) is 12.1. The van der Waals surface area contributed by atoms with Gasteiger partial charge in [-0.3, -0.25) is 14.6 Å². The molecule has 5 rings (SSSR count). The van der Waals surface area contributed by atoms with Crippen molar-refractivity contribution in [2.24, 2.45) is 0 Å². The third-order valence-corrected chi connectivity index (χ3v) is 7.06. The van der Waals surface area contributed by atoms with E-state index >= 15 is 0 Å². The molecular weight excluding hydrogens is 490 g/mol. The number of morpholine rings is 1. The number of para-hydroxylation sites is 1. The number of nitrogens with zero attached hydrogens (tertiary/aromatic N) is 3. The average molecular weight is 518 g/mol. The summed E-state index contributed by atoms with van der Waals surface area (Å²) in [5.74, 6) is 1.42. The molecule has 0 aliphatic carbocycles. The third-order valence-electron chi connectivity index (χ3n) is 5.97. The van der Waals surface area contributed by atoms with E-state index in [4.69, 9.17) is 23.6 Å². The molecule has 10 heteroatoms. The van der Waals surface area contributed by atoms with Crippen molar-refractivity contribution in [2.75, 3.05) is 58.5 Å². The van der Waals surface area contributed by atoms with Crippen LogP contribution in [0.25, 0.3) is 21.2 Å². The molecule has 1 aliphatic rings. The van der Waals surface area contributed by atoms with E-state index in [-0.39, 0.29) is 18.3 Å². The molecule has 2 aromatic heterocycles. The molecule has 0 N–H and O–H groups in total. The van der Waals surface area contributed by atoms with E-state index < -0.39 is 0 Å². The highest BCUT2D eigenvalue weighted by Gasteiger charge is 2.26. The summed E-state index contributed by atoms with van der Waals surface area (Å²) in [6.45, 7) is 4.71. The lowest BCUT2D eigenvalue weighted by Gasteiger charge is -2.27. The molecule has 0 bridgehead atoms. The summed E-state index contributed by atoms with van der Waals surface area (Å²) in [5, 5.41) is 1.48. The molecule has 0 unspecified atom stereocenters. The summed E-state index contributed by atoms with van der Waals surface area (Å²) >= 11 is 1.42. The van der Waals surface area contributed by atoms with E-state index in [1.165, 1.54) is 11.3 Å². The van der Waals surface area contributed by atoms with Crippen LogP contribution in [0.15, 0.2) is 46.9 Å². The van der Waals surface area contributed by atoms with E-state index in [9.17, 15) is 4.79 Å². The number of anilines is 1. The summed E-state index contributed by atoms with van der Waals surface area (Å²) in [6.07, 6.45) is 0.802. The van der Waals surface area contributed by atoms with Gasteiger partial charge in [-0.05, 0) is 30.7 Å². The van der Waals surface area contributed by atoms with Gasteiger partial charge in [0.25, 0.3) is 5.91 Å². The van der Waals surface area contributed by atoms with Crippen molar-refractivity contribution in [1.82, 2.24) is 9.88 Å². The number of hydrogen-bond donors (Lipinski definition) is 0. The number of hydrogen-bond acceptors (Lipinski definition) is 8. The molecule has 2 aromatic carbocycles. The SMILES string of the molecule is COc1ccc(OC)c2sc(N(CCCN3CCOCC3)C(=O)c3cc4ccccc4o3)nc12.Cl. The normalized spacial score (nSPS) is 14.1. The highest BCUT2D eigenvalue weighted by Crippen LogP contribution is 2.40. The molecule has 0 radical (unpaired) electrons. The molecular formula is C25H28ClN3O5S. The monoisotopic (exact) mass is 517 g/mol. The van der Waals surface area contributed by atoms with Gasteiger partial charge in [0.15, 0.2) is 10.9 Å². The van der Waals surface area contributed by atoms with Crippen LogP contribution in [-0.4, -0.2) is 69.4 Å². The second kappa shape index (κ2) is 11.3. The van der Waals surface area contributed by atoms with Crippen molar-refractivity contribution < 1.29 is 23.4 Å². The fraction of sp³-hybridized carbons (Fsp3) is 0.360. The van der Waals surface area contributed by atoms with Gasteiger partial charge >= 0.3 is 0 Å². The largest absolute Gasteiger partial charge is 0.495 e. The number of thiazole rings is 1. The first kappa shape index (κ1) is 25.2. The van der Waals surface area contributed by atoms with Crippen molar-refractivity contribution >= 4 is 56.0 Å². The van der Waals surface area contributed by atoms with Crippen LogP contribution in [0.5, 0.6) is 11.5 Å². The highest BCUT2D eigenvalue weighted by atomic mass is 35.5. The smallest absolute Gasteiger partial charge is 0.295 e. The number of ether oxygens (including phenoxy) is 3. The van der Waals surface area contributed by atoms with Crippen LogP contribution in [-0.2, 0) is 4.74 Å². The molecule has 8 nitrogen and oxygen atoms in total. The Morgan fingerprint density at radius 3 is 2.60 bits per heavy atom. The fourth-order valence-electron chi connectivity index (χ4n) is 4.17. The van der Waals surface area contributed by atoms with E-state index in [1.807, 2.05) is 36.4 Å². The van der Waals surface area contributed by atoms with Crippen molar-refractivity contribution in [2.45, 2.75) is 6.42 Å². The minimum atomic E-state index is -0.213. The van der Waals surface area contributed by atoms with Gasteiger partial charge in [-0.1, -0.05) is 29.5 Å². The van der Waals surface area contributed by atoms with Gasteiger partial charge < -0.3 is 18.6 Å². The molecule has 1 aliphatic heterocycles. The summed E-state index contributed by atoms with van der Waals surface area (Å²) in [6, 6.07) is 13.1. The van der Waals surface area contributed by atoms with Gasteiger partial charge in [0.1, 0.15) is 27.3 Å². The van der Waals surface area contributed by atoms with Crippen molar-refractivity contribution in [3.05, 3.63) is 48.2 Å². The Balaban J connectivity index is 0.00000289. The molecule has 35 heavy (non-hydrogen) atoms. The van der Waals surface area contributed by atoms with Crippen molar-refractivity contribution in [1.29, 1.82) is 0 Å². The molecule has 1 amide bonds. The van der Waals surface area contributed by atoms with Gasteiger partial charge in [0.2, 0.25) is 0 Å². The molecule has 186 valence electrons. The number of furan rings is 1. The number of aromatic nitrogens is 1. The second-order valence-corrected chi connectivity index (χ2v) is 9.03. The Kier molecular flexibility index (Phi) is 8.12. The Morgan fingerprint density at radius 2 is 1.86 bits per heavy atom. The van der Waals surface area contributed by atoms with Gasteiger partial charge in [-0.15, -0.1) is 12.4 Å². The van der Waals surface area contributed by atoms with Gasteiger partial charge in [-0.2, -0.15) is 0 Å². The molecule has 0 atom stereocenters. The number of amides is 1. The Labute approximate surface area is 213 Å². The molecule has 1 fully saturated rings. The van der Waals surface area contributed by atoms with Crippen molar-refractivity contribution in [3.63, 3.8) is 0 Å². The maximum atomic E-state index is 13.7. The molecule has 3 heterocycles. The standard InChI is InChI=1S/C25H27N3O5S.ClH/c1-30-19-8-9-20(31-2)23-22(19)26-25(34-23)28(11-5-10-27-12-14-32-15-13-27)24(29)21-16-17-6-3-4-7-18(17)33-21;/h3-4,6-9,16H,5,10-15H2,1-2H3;1H. The zero-order valence-corrected chi connectivity index (χ0v) is 21.3. The van der Waals surface area contributed by atoms with Crippen LogP contribution < -0.4 is 14.4 Å². The summed E-state index contributed by atoms with van der Waals surface area (Å²) in [5.41, 5.74) is 1.36. The lowest BCUT2D eigenvalue weighted by Crippen LogP contribution is -2.39. The van der Waals surface area contributed by atoms with Crippen LogP contribution >= 0.6 is 23.7 Å². The second-order valence-electron chi connectivity index (χ2n) is 8.06. The van der Waals surface area contributed by atoms with Crippen LogP contribution in [0.3, 0.4) is 0 Å². The Hall–Kier alpha value is -2.85. The number of halogens is 1. The van der Waals surface area contributed by atoms with Crippen LogP contribution in [0.4, 0.5) is 5.13 Å². The van der Waals surface area contributed by atoms with E-state index in [0.29, 0.717) is 40.0 Å². The number of rotatable bonds is 8. The first-order valence-electron chi connectivity index (χ1n) is 11.3. The summed E-state index contributed by atoms with van der Waals surface area (Å²) in [4.78, 5) is 22.6. The van der Waals surface area contributed by atoms with Crippen LogP contribution in [0.1, 0.15) is 17.0 Å². The quantitative estimate of drug-likeness (QED) is 0.330. The minimum absolute atomic E-state index is 0. The fourth-order valence-corrected chi connectivity index (χ4v) is 5.27. The number of benzene rings is 2. The number of fused-ring (bicyclic) bond motifs is 2. The predicted octanol–water partition coefficient (Wildman–Crippen LogP) is 4.85. The highest BCUT2D eigenvalue weighted by molar-refractivity contribution is 7.22. The zero-order valence-electron chi connectivity index (χ0n) is 19.7. The topological polar surface area (TPSA) is 77.3 Å². The van der Waals surface area contributed by atoms with E-state index in [2.05, 4.69) is 4.90 Å². The first-order chi connectivity index (χ1) is 16.7. The molecule has 4 aromatic rings. The zero-order chi connectivity index (χ0) is 23.5. The van der Waals surface area contributed by atoms with E-state index in [1.54, 1.807) is 25.2 Å². The predicted molar refractivity (Wildman–Crippen MR) is 140 cm³/mol. The summed E-state index contributed by atoms with van der Waals surface area (Å²) in [7, 11) is 3.24. The number of methoxy groups -OCH3 is 2. The van der Waals surface area contributed by atoms with Gasteiger partial charge in [0.05, 0.1) is 27.4 Å². The molecule has 1 saturated heterocycles. The summed E-state index contributed by atoms with van der Waals surface area (Å²) < 4.78 is 23.2. The van der Waals surface area contributed by atoms with Crippen LogP contribution in [0.2, 0.25) is 0 Å². The molecule has 0 saturated carbocycles. The van der Waals surface area contributed by atoms with Gasteiger partial charge in [-0.25, -0.2) is 4.98 Å². The van der Waals surface area contributed by atoms with E-state index in [0.717, 1.165) is 49.4 Å².